The van der Waals surface area contributed by atoms with Crippen molar-refractivity contribution >= 4 is 22.2 Å². The first-order valence-electron chi connectivity index (χ1n) is 4.90. The fourth-order valence-corrected chi connectivity index (χ4v) is 3.54. The monoisotopic (exact) mass is 241 g/mol. The van der Waals surface area contributed by atoms with Gasteiger partial charge in [0.2, 0.25) is 0 Å². The number of halogens is 1. The minimum atomic E-state index is -2.87. The van der Waals surface area contributed by atoms with Gasteiger partial charge in [-0.2, -0.15) is 0 Å². The van der Waals surface area contributed by atoms with Gasteiger partial charge in [0.25, 0.3) is 0 Å². The first kappa shape index (κ1) is 14.2. The van der Waals surface area contributed by atoms with Gasteiger partial charge in [-0.1, -0.05) is 0 Å². The van der Waals surface area contributed by atoms with Gasteiger partial charge in [0.05, 0.1) is 10.5 Å². The van der Waals surface area contributed by atoms with Crippen molar-refractivity contribution < 1.29 is 8.42 Å². The molecule has 0 radical (unpaired) electrons. The van der Waals surface area contributed by atoms with E-state index in [0.29, 0.717) is 6.04 Å². The molecule has 1 heterocycles. The molecule has 1 fully saturated rings. The summed E-state index contributed by atoms with van der Waals surface area (Å²) in [6, 6.07) is 0.340. The highest BCUT2D eigenvalue weighted by Gasteiger charge is 2.31. The van der Waals surface area contributed by atoms with E-state index in [-0.39, 0.29) is 22.9 Å². The van der Waals surface area contributed by atoms with E-state index in [9.17, 15) is 8.42 Å². The third-order valence-corrected chi connectivity index (χ3v) is 5.37. The van der Waals surface area contributed by atoms with Crippen LogP contribution < -0.4 is 5.32 Å². The molecule has 1 saturated heterocycles. The summed E-state index contributed by atoms with van der Waals surface area (Å²) in [5.41, 5.74) is 0. The molecule has 1 rings (SSSR count). The predicted molar refractivity (Wildman–Crippen MR) is 61.8 cm³/mol. The van der Waals surface area contributed by atoms with Crippen LogP contribution in [0.4, 0.5) is 0 Å². The smallest absolute Gasteiger partial charge is 0.155 e. The zero-order chi connectivity index (χ0) is 10.1. The number of nitrogens with one attached hydrogen (secondary N) is 1. The molecule has 0 bridgehead atoms. The van der Waals surface area contributed by atoms with Gasteiger partial charge in [-0.3, -0.25) is 0 Å². The Morgan fingerprint density at radius 1 is 1.36 bits per heavy atom. The summed E-state index contributed by atoms with van der Waals surface area (Å²) in [6.07, 6.45) is 1.53. The van der Waals surface area contributed by atoms with E-state index in [2.05, 4.69) is 5.32 Å². The van der Waals surface area contributed by atoms with Crippen LogP contribution in [0.3, 0.4) is 0 Å². The lowest BCUT2D eigenvalue weighted by atomic mass is 10.1. The minimum absolute atomic E-state index is 0. The summed E-state index contributed by atoms with van der Waals surface area (Å²) in [7, 11) is -2.87. The lowest BCUT2D eigenvalue weighted by Gasteiger charge is -2.28. The average Bonchev–Trinajstić information content (AvgIpc) is 2.04. The maximum Gasteiger partial charge on any atom is 0.155 e. The van der Waals surface area contributed by atoms with Crippen molar-refractivity contribution in [3.05, 3.63) is 0 Å². The Kier molecular flexibility index (Phi) is 5.41. The summed E-state index contributed by atoms with van der Waals surface area (Å²) < 4.78 is 23.6. The molecular weight excluding hydrogens is 222 g/mol. The van der Waals surface area contributed by atoms with Crippen LogP contribution in [0.15, 0.2) is 0 Å². The minimum Gasteiger partial charge on any atom is -0.314 e. The Bertz CT molecular complexity index is 264. The van der Waals surface area contributed by atoms with Crippen LogP contribution in [0.5, 0.6) is 0 Å². The van der Waals surface area contributed by atoms with E-state index in [1.807, 2.05) is 6.92 Å². The normalized spacial score (nSPS) is 28.6. The van der Waals surface area contributed by atoms with Gasteiger partial charge in [0.1, 0.15) is 0 Å². The molecule has 0 spiro atoms. The standard InChI is InChI=1S/C9H19NO2S.ClH/c1-7(2)13(11,12)9-4-5-10-8(3)6-9;/h7-10H,4-6H2,1-3H3;1H/t8-,9-;/m0./s1. The van der Waals surface area contributed by atoms with Gasteiger partial charge >= 0.3 is 0 Å². The van der Waals surface area contributed by atoms with Crippen molar-refractivity contribution in [2.45, 2.75) is 50.2 Å². The molecule has 0 unspecified atom stereocenters. The van der Waals surface area contributed by atoms with E-state index in [1.54, 1.807) is 13.8 Å². The molecule has 86 valence electrons. The Balaban J connectivity index is 0.00000169. The molecule has 0 saturated carbocycles. The highest BCUT2D eigenvalue weighted by Crippen LogP contribution is 2.20. The fourth-order valence-electron chi connectivity index (χ4n) is 1.77. The highest BCUT2D eigenvalue weighted by atomic mass is 35.5. The Morgan fingerprint density at radius 3 is 2.36 bits per heavy atom. The molecule has 1 N–H and O–H groups in total. The SMILES string of the molecule is CC(C)S(=O)(=O)[C@H]1CCN[C@@H](C)C1.Cl. The van der Waals surface area contributed by atoms with Crippen molar-refractivity contribution in [3.63, 3.8) is 0 Å². The molecule has 3 nitrogen and oxygen atoms in total. The largest absolute Gasteiger partial charge is 0.314 e. The molecule has 0 amide bonds. The van der Waals surface area contributed by atoms with Crippen molar-refractivity contribution in [2.24, 2.45) is 0 Å². The van der Waals surface area contributed by atoms with E-state index < -0.39 is 9.84 Å². The van der Waals surface area contributed by atoms with Crippen LogP contribution in [0.2, 0.25) is 0 Å². The van der Waals surface area contributed by atoms with Gasteiger partial charge < -0.3 is 5.32 Å². The molecule has 0 aromatic carbocycles. The van der Waals surface area contributed by atoms with Gasteiger partial charge in [-0.05, 0) is 40.2 Å². The summed E-state index contributed by atoms with van der Waals surface area (Å²) in [5.74, 6) is 0. The van der Waals surface area contributed by atoms with E-state index in [4.69, 9.17) is 0 Å². The fraction of sp³-hybridized carbons (Fsp3) is 1.00. The Morgan fingerprint density at radius 2 is 1.93 bits per heavy atom. The second kappa shape index (κ2) is 5.33. The molecule has 2 atom stereocenters. The molecule has 0 aliphatic carbocycles. The third kappa shape index (κ3) is 3.11. The summed E-state index contributed by atoms with van der Waals surface area (Å²) in [6.45, 7) is 6.41. The third-order valence-electron chi connectivity index (χ3n) is 2.70. The van der Waals surface area contributed by atoms with Crippen molar-refractivity contribution in [3.8, 4) is 0 Å². The van der Waals surface area contributed by atoms with Crippen LogP contribution in [-0.4, -0.2) is 31.5 Å². The average molecular weight is 242 g/mol. The Labute approximate surface area is 93.0 Å². The molecule has 1 aliphatic heterocycles. The summed E-state index contributed by atoms with van der Waals surface area (Å²) >= 11 is 0. The van der Waals surface area contributed by atoms with Crippen LogP contribution >= 0.6 is 12.4 Å². The lowest BCUT2D eigenvalue weighted by molar-refractivity contribution is 0.417. The number of rotatable bonds is 2. The van der Waals surface area contributed by atoms with Crippen molar-refractivity contribution in [2.75, 3.05) is 6.54 Å². The van der Waals surface area contributed by atoms with Crippen LogP contribution in [0.1, 0.15) is 33.6 Å². The van der Waals surface area contributed by atoms with Crippen LogP contribution in [-0.2, 0) is 9.84 Å². The number of hydrogen-bond donors (Lipinski definition) is 1. The Hall–Kier alpha value is 0.200. The highest BCUT2D eigenvalue weighted by molar-refractivity contribution is 7.92. The zero-order valence-corrected chi connectivity index (χ0v) is 10.6. The van der Waals surface area contributed by atoms with E-state index >= 15 is 0 Å². The second-order valence-electron chi connectivity index (χ2n) is 4.14. The quantitative estimate of drug-likeness (QED) is 0.795. The van der Waals surface area contributed by atoms with Crippen molar-refractivity contribution in [1.29, 1.82) is 0 Å². The van der Waals surface area contributed by atoms with Gasteiger partial charge in [-0.15, -0.1) is 12.4 Å². The number of hydrogen-bond acceptors (Lipinski definition) is 3. The zero-order valence-electron chi connectivity index (χ0n) is 8.99. The maximum atomic E-state index is 11.8. The number of piperidine rings is 1. The van der Waals surface area contributed by atoms with Gasteiger partial charge in [0.15, 0.2) is 9.84 Å². The van der Waals surface area contributed by atoms with Crippen molar-refractivity contribution in [1.82, 2.24) is 5.32 Å². The molecule has 14 heavy (non-hydrogen) atoms. The molecule has 1 aliphatic rings. The lowest BCUT2D eigenvalue weighted by Crippen LogP contribution is -2.43. The summed E-state index contributed by atoms with van der Waals surface area (Å²) in [4.78, 5) is 0. The molecule has 0 aromatic heterocycles. The molecule has 5 heteroatoms. The first-order chi connectivity index (χ1) is 5.94. The number of sulfone groups is 1. The maximum absolute atomic E-state index is 11.8. The summed E-state index contributed by atoms with van der Waals surface area (Å²) in [5, 5.41) is 2.90. The second-order valence-corrected chi connectivity index (χ2v) is 6.93. The van der Waals surface area contributed by atoms with Crippen LogP contribution in [0, 0.1) is 0 Å². The molecule has 0 aromatic rings. The van der Waals surface area contributed by atoms with E-state index in [1.165, 1.54) is 0 Å². The van der Waals surface area contributed by atoms with E-state index in [0.717, 1.165) is 19.4 Å². The predicted octanol–water partition coefficient (Wildman–Crippen LogP) is 1.37. The molecular formula is C9H20ClNO2S. The van der Waals surface area contributed by atoms with Crippen LogP contribution in [0.25, 0.3) is 0 Å². The van der Waals surface area contributed by atoms with Gasteiger partial charge in [0, 0.05) is 6.04 Å². The first-order valence-corrected chi connectivity index (χ1v) is 6.51. The van der Waals surface area contributed by atoms with Gasteiger partial charge in [-0.25, -0.2) is 8.42 Å². The topological polar surface area (TPSA) is 46.2 Å².